The van der Waals surface area contributed by atoms with Gasteiger partial charge in [0.2, 0.25) is 0 Å². The summed E-state index contributed by atoms with van der Waals surface area (Å²) in [5.74, 6) is 1.11. The molecule has 1 amide bonds. The number of aromatic nitrogens is 1. The van der Waals surface area contributed by atoms with Gasteiger partial charge >= 0.3 is 0 Å². The molecule has 106 valence electrons. The summed E-state index contributed by atoms with van der Waals surface area (Å²) >= 11 is 0. The zero-order chi connectivity index (χ0) is 13.6. The number of carbonyl (C=O) groups excluding carboxylic acids is 1. The zero-order valence-corrected chi connectivity index (χ0v) is 11.8. The highest BCUT2D eigenvalue weighted by Crippen LogP contribution is 2.41. The van der Waals surface area contributed by atoms with Crippen LogP contribution >= 0.6 is 0 Å². The lowest BCUT2D eigenvalue weighted by Crippen LogP contribution is -2.59. The number of pyridine rings is 1. The average Bonchev–Trinajstić information content (AvgIpc) is 3.14. The van der Waals surface area contributed by atoms with E-state index in [0.29, 0.717) is 5.41 Å². The molecule has 4 nitrogen and oxygen atoms in total. The van der Waals surface area contributed by atoms with Crippen molar-refractivity contribution in [1.82, 2.24) is 14.8 Å². The minimum atomic E-state index is 0.143. The maximum Gasteiger partial charge on any atom is 0.255 e. The number of amides is 1. The first kappa shape index (κ1) is 12.3. The summed E-state index contributed by atoms with van der Waals surface area (Å²) in [5.41, 5.74) is 1.11. The lowest BCUT2D eigenvalue weighted by Gasteiger charge is -2.48. The van der Waals surface area contributed by atoms with Crippen LogP contribution in [0.2, 0.25) is 0 Å². The summed E-state index contributed by atoms with van der Waals surface area (Å²) in [4.78, 5) is 20.9. The molecule has 0 atom stereocenters. The van der Waals surface area contributed by atoms with Gasteiger partial charge in [-0.25, -0.2) is 0 Å². The minimum Gasteiger partial charge on any atom is -0.337 e. The van der Waals surface area contributed by atoms with Gasteiger partial charge in [0.1, 0.15) is 0 Å². The minimum absolute atomic E-state index is 0.143. The molecule has 2 aliphatic heterocycles. The van der Waals surface area contributed by atoms with E-state index in [-0.39, 0.29) is 5.91 Å². The van der Waals surface area contributed by atoms with E-state index < -0.39 is 0 Å². The number of carbonyl (C=O) groups is 1. The van der Waals surface area contributed by atoms with Crippen molar-refractivity contribution in [2.45, 2.75) is 19.3 Å². The quantitative estimate of drug-likeness (QED) is 0.838. The predicted octanol–water partition coefficient (Wildman–Crippen LogP) is 1.64. The fraction of sp³-hybridized carbons (Fsp3) is 0.625. The molecule has 0 N–H and O–H groups in total. The van der Waals surface area contributed by atoms with E-state index in [2.05, 4.69) is 9.88 Å². The molecule has 2 saturated heterocycles. The third kappa shape index (κ3) is 2.22. The smallest absolute Gasteiger partial charge is 0.255 e. The molecule has 3 aliphatic rings. The third-order valence-electron chi connectivity index (χ3n) is 4.98. The standard InChI is InChI=1S/C16H21N3O/c20-15(14-2-1-6-17-8-14)19-11-16(12-19)5-7-18(10-16)9-13-3-4-13/h1-2,6,8,13H,3-5,7,9-12H2. The molecule has 1 aliphatic carbocycles. The molecule has 1 spiro atoms. The van der Waals surface area contributed by atoms with Gasteiger partial charge in [0.05, 0.1) is 5.56 Å². The van der Waals surface area contributed by atoms with Crippen molar-refractivity contribution >= 4 is 5.91 Å². The Balaban J connectivity index is 1.34. The van der Waals surface area contributed by atoms with Crippen molar-refractivity contribution in [1.29, 1.82) is 0 Å². The van der Waals surface area contributed by atoms with Crippen LogP contribution in [-0.4, -0.2) is 53.4 Å². The van der Waals surface area contributed by atoms with Gasteiger partial charge in [0, 0.05) is 44.0 Å². The Morgan fingerprint density at radius 2 is 2.20 bits per heavy atom. The SMILES string of the molecule is O=C(c1cccnc1)N1CC2(CCN(CC3CC3)C2)C1. The second-order valence-corrected chi connectivity index (χ2v) is 6.83. The number of hydrogen-bond donors (Lipinski definition) is 0. The molecule has 0 radical (unpaired) electrons. The van der Waals surface area contributed by atoms with Gasteiger partial charge in [-0.1, -0.05) is 0 Å². The number of likely N-dealkylation sites (tertiary alicyclic amines) is 2. The maximum atomic E-state index is 12.3. The topological polar surface area (TPSA) is 36.4 Å². The van der Waals surface area contributed by atoms with E-state index in [1.807, 2.05) is 17.0 Å². The van der Waals surface area contributed by atoms with Crippen LogP contribution in [0.5, 0.6) is 0 Å². The number of rotatable bonds is 3. The van der Waals surface area contributed by atoms with E-state index in [4.69, 9.17) is 0 Å². The van der Waals surface area contributed by atoms with Crippen LogP contribution in [0, 0.1) is 11.3 Å². The van der Waals surface area contributed by atoms with E-state index in [0.717, 1.165) is 24.6 Å². The Bertz CT molecular complexity index is 506. The van der Waals surface area contributed by atoms with Crippen molar-refractivity contribution in [2.75, 3.05) is 32.7 Å². The van der Waals surface area contributed by atoms with E-state index in [1.165, 1.54) is 38.9 Å². The molecule has 3 heterocycles. The Morgan fingerprint density at radius 3 is 2.90 bits per heavy atom. The van der Waals surface area contributed by atoms with Gasteiger partial charge in [0.15, 0.2) is 0 Å². The first-order valence-corrected chi connectivity index (χ1v) is 7.66. The highest BCUT2D eigenvalue weighted by atomic mass is 16.2. The number of nitrogens with zero attached hydrogens (tertiary/aromatic N) is 3. The van der Waals surface area contributed by atoms with Crippen LogP contribution in [0.1, 0.15) is 29.6 Å². The third-order valence-corrected chi connectivity index (χ3v) is 4.98. The van der Waals surface area contributed by atoms with Crippen molar-refractivity contribution in [3.8, 4) is 0 Å². The summed E-state index contributed by atoms with van der Waals surface area (Å²) < 4.78 is 0. The average molecular weight is 271 g/mol. The van der Waals surface area contributed by atoms with E-state index >= 15 is 0 Å². The summed E-state index contributed by atoms with van der Waals surface area (Å²) in [7, 11) is 0. The molecule has 0 bridgehead atoms. The van der Waals surface area contributed by atoms with Crippen molar-refractivity contribution in [2.24, 2.45) is 11.3 Å². The molecule has 0 aromatic carbocycles. The van der Waals surface area contributed by atoms with Crippen molar-refractivity contribution in [3.05, 3.63) is 30.1 Å². The van der Waals surface area contributed by atoms with Crippen LogP contribution in [-0.2, 0) is 0 Å². The van der Waals surface area contributed by atoms with Crippen molar-refractivity contribution in [3.63, 3.8) is 0 Å². The zero-order valence-electron chi connectivity index (χ0n) is 11.8. The largest absolute Gasteiger partial charge is 0.337 e. The molecule has 3 fully saturated rings. The van der Waals surface area contributed by atoms with Gasteiger partial charge < -0.3 is 9.80 Å². The molecule has 20 heavy (non-hydrogen) atoms. The fourth-order valence-corrected chi connectivity index (χ4v) is 3.69. The van der Waals surface area contributed by atoms with Crippen LogP contribution in [0.15, 0.2) is 24.5 Å². The van der Waals surface area contributed by atoms with Gasteiger partial charge in [-0.3, -0.25) is 9.78 Å². The first-order chi connectivity index (χ1) is 9.74. The van der Waals surface area contributed by atoms with Gasteiger partial charge in [-0.2, -0.15) is 0 Å². The lowest BCUT2D eigenvalue weighted by molar-refractivity contribution is 0.0105. The van der Waals surface area contributed by atoms with E-state index in [9.17, 15) is 4.79 Å². The molecule has 4 heteroatoms. The summed E-state index contributed by atoms with van der Waals surface area (Å²) in [5, 5.41) is 0. The second-order valence-electron chi connectivity index (χ2n) is 6.83. The predicted molar refractivity (Wildman–Crippen MR) is 76.4 cm³/mol. The Labute approximate surface area is 119 Å². The summed E-state index contributed by atoms with van der Waals surface area (Å²) in [6.07, 6.45) is 7.49. The van der Waals surface area contributed by atoms with E-state index in [1.54, 1.807) is 12.4 Å². The van der Waals surface area contributed by atoms with Gasteiger partial charge in [-0.05, 0) is 43.9 Å². The molecular weight excluding hydrogens is 250 g/mol. The summed E-state index contributed by atoms with van der Waals surface area (Å²) in [6, 6.07) is 3.68. The first-order valence-electron chi connectivity index (χ1n) is 7.66. The molecule has 1 saturated carbocycles. The van der Waals surface area contributed by atoms with Gasteiger partial charge in [-0.15, -0.1) is 0 Å². The monoisotopic (exact) mass is 271 g/mol. The molecule has 4 rings (SSSR count). The van der Waals surface area contributed by atoms with Crippen LogP contribution in [0.25, 0.3) is 0 Å². The van der Waals surface area contributed by atoms with Crippen LogP contribution in [0.3, 0.4) is 0 Å². The fourth-order valence-electron chi connectivity index (χ4n) is 3.69. The molecule has 1 aromatic rings. The lowest BCUT2D eigenvalue weighted by atomic mass is 9.79. The normalized spacial score (nSPS) is 24.9. The van der Waals surface area contributed by atoms with Crippen LogP contribution in [0.4, 0.5) is 0 Å². The Kier molecular flexibility index (Phi) is 2.81. The Hall–Kier alpha value is -1.42. The Morgan fingerprint density at radius 1 is 1.35 bits per heavy atom. The molecular formula is C16H21N3O. The summed E-state index contributed by atoms with van der Waals surface area (Å²) in [6.45, 7) is 5.58. The van der Waals surface area contributed by atoms with Gasteiger partial charge in [0.25, 0.3) is 5.91 Å². The highest BCUT2D eigenvalue weighted by molar-refractivity contribution is 5.94. The highest BCUT2D eigenvalue weighted by Gasteiger charge is 2.49. The molecule has 1 aromatic heterocycles. The maximum absolute atomic E-state index is 12.3. The molecule has 0 unspecified atom stereocenters. The van der Waals surface area contributed by atoms with Crippen LogP contribution < -0.4 is 0 Å². The number of hydrogen-bond acceptors (Lipinski definition) is 3. The second kappa shape index (κ2) is 4.55. The van der Waals surface area contributed by atoms with Crippen molar-refractivity contribution < 1.29 is 4.79 Å².